The largest absolute Gasteiger partial charge is 0.493 e. The highest BCUT2D eigenvalue weighted by molar-refractivity contribution is 5.76. The van der Waals surface area contributed by atoms with Crippen LogP contribution in [-0.4, -0.2) is 39.8 Å². The van der Waals surface area contributed by atoms with E-state index < -0.39 is 0 Å². The number of amides is 1. The highest BCUT2D eigenvalue weighted by Gasteiger charge is 2.39. The molecule has 4 aromatic rings. The normalized spacial score (nSPS) is 15.8. The van der Waals surface area contributed by atoms with Crippen molar-refractivity contribution in [3.8, 4) is 11.5 Å². The zero-order valence-electron chi connectivity index (χ0n) is 29.1. The number of nitrogens with two attached hydrogens (primary N) is 1. The summed E-state index contributed by atoms with van der Waals surface area (Å²) in [5, 5.41) is 7.10. The molecule has 1 unspecified atom stereocenters. The van der Waals surface area contributed by atoms with Crippen LogP contribution in [0.25, 0.3) is 0 Å². The van der Waals surface area contributed by atoms with Gasteiger partial charge < -0.3 is 25.8 Å². The van der Waals surface area contributed by atoms with Crippen molar-refractivity contribution in [2.75, 3.05) is 33.9 Å². The first kappa shape index (κ1) is 36.1. The third kappa shape index (κ3) is 8.89. The molecule has 1 heterocycles. The topological polar surface area (TPSA) is 85.6 Å². The van der Waals surface area contributed by atoms with Crippen LogP contribution >= 0.6 is 0 Å². The first-order chi connectivity index (χ1) is 23.9. The fraction of sp³-hybridized carbons (Fsp3) is 0.405. The molecule has 0 spiro atoms. The van der Waals surface area contributed by atoms with E-state index in [4.69, 9.17) is 15.2 Å². The summed E-state index contributed by atoms with van der Waals surface area (Å²) in [7, 11) is 3.39. The van der Waals surface area contributed by atoms with Crippen LogP contribution in [0.2, 0.25) is 0 Å². The maximum absolute atomic E-state index is 13.3. The van der Waals surface area contributed by atoms with Crippen molar-refractivity contribution in [3.63, 3.8) is 0 Å². The van der Waals surface area contributed by atoms with Crippen molar-refractivity contribution in [3.05, 3.63) is 131 Å². The quantitative estimate of drug-likeness (QED) is 0.0954. The van der Waals surface area contributed by atoms with Crippen molar-refractivity contribution in [1.29, 1.82) is 0 Å². The Labute approximate surface area is 291 Å². The maximum Gasteiger partial charge on any atom is 0.220 e. The van der Waals surface area contributed by atoms with Crippen LogP contribution in [-0.2, 0) is 28.6 Å². The first-order valence-electron chi connectivity index (χ1n) is 17.8. The average molecular weight is 666 g/mol. The predicted molar refractivity (Wildman–Crippen MR) is 196 cm³/mol. The molecule has 0 aliphatic carbocycles. The zero-order chi connectivity index (χ0) is 34.5. The van der Waals surface area contributed by atoms with Crippen LogP contribution in [0.15, 0.2) is 97.1 Å². The van der Waals surface area contributed by atoms with E-state index in [-0.39, 0.29) is 22.7 Å². The van der Waals surface area contributed by atoms with Crippen LogP contribution in [0.1, 0.15) is 79.2 Å². The van der Waals surface area contributed by atoms with Crippen molar-refractivity contribution >= 4 is 5.91 Å². The molecule has 0 saturated heterocycles. The summed E-state index contributed by atoms with van der Waals surface area (Å²) in [6.07, 6.45) is 8.39. The van der Waals surface area contributed by atoms with Crippen LogP contribution in [0.5, 0.6) is 11.5 Å². The molecule has 7 heteroatoms. The summed E-state index contributed by atoms with van der Waals surface area (Å²) < 4.78 is 24.7. The lowest BCUT2D eigenvalue weighted by Crippen LogP contribution is -2.48. The molecule has 5 rings (SSSR count). The second-order valence-electron chi connectivity index (χ2n) is 13.3. The number of methoxy groups -OCH3 is 2. The summed E-state index contributed by atoms with van der Waals surface area (Å²) in [6.45, 7) is 2.14. The Balaban J connectivity index is 1.36. The van der Waals surface area contributed by atoms with Crippen LogP contribution in [0.4, 0.5) is 4.39 Å². The Hall–Kier alpha value is -4.20. The van der Waals surface area contributed by atoms with Gasteiger partial charge in [0, 0.05) is 30.5 Å². The summed E-state index contributed by atoms with van der Waals surface area (Å²) in [4.78, 5) is 12.8. The third-order valence-electron chi connectivity index (χ3n) is 10.3. The zero-order valence-corrected chi connectivity index (χ0v) is 29.1. The monoisotopic (exact) mass is 665 g/mol. The molecule has 1 atom stereocenters. The second-order valence-corrected chi connectivity index (χ2v) is 13.3. The first-order valence-corrected chi connectivity index (χ1v) is 17.8. The van der Waals surface area contributed by atoms with Gasteiger partial charge in [0.1, 0.15) is 5.82 Å². The van der Waals surface area contributed by atoms with Gasteiger partial charge in [-0.05, 0) is 110 Å². The highest BCUT2D eigenvalue weighted by Crippen LogP contribution is 2.46. The van der Waals surface area contributed by atoms with E-state index in [1.54, 1.807) is 26.4 Å². The van der Waals surface area contributed by atoms with Gasteiger partial charge in [0.05, 0.1) is 14.2 Å². The minimum absolute atomic E-state index is 0.0188. The summed E-state index contributed by atoms with van der Waals surface area (Å²) >= 11 is 0. The molecule has 49 heavy (non-hydrogen) atoms. The Kier molecular flexibility index (Phi) is 12.9. The third-order valence-corrected chi connectivity index (χ3v) is 10.3. The molecule has 6 nitrogen and oxygen atoms in total. The molecular formula is C42H52FN3O3. The molecule has 0 bridgehead atoms. The number of nitrogens with one attached hydrogen (secondary N) is 2. The van der Waals surface area contributed by atoms with E-state index in [0.29, 0.717) is 25.9 Å². The summed E-state index contributed by atoms with van der Waals surface area (Å²) in [5.41, 5.74) is 11.8. The van der Waals surface area contributed by atoms with Gasteiger partial charge in [0.15, 0.2) is 11.5 Å². The van der Waals surface area contributed by atoms with Gasteiger partial charge in [0.25, 0.3) is 0 Å². The molecule has 1 amide bonds. The predicted octanol–water partition coefficient (Wildman–Crippen LogP) is 7.61. The Morgan fingerprint density at radius 2 is 1.47 bits per heavy atom. The number of carbonyl (C=O) groups excluding carboxylic acids is 1. The van der Waals surface area contributed by atoms with Crippen molar-refractivity contribution < 1.29 is 18.7 Å². The van der Waals surface area contributed by atoms with Gasteiger partial charge in [-0.15, -0.1) is 0 Å². The number of ether oxygens (including phenoxy) is 2. The molecule has 0 radical (unpaired) electrons. The number of hydrogen-bond acceptors (Lipinski definition) is 5. The number of aryl methyl sites for hydroxylation is 1. The van der Waals surface area contributed by atoms with Crippen molar-refractivity contribution in [2.24, 2.45) is 5.73 Å². The number of fused-ring (bicyclic) bond motifs is 1. The fourth-order valence-corrected chi connectivity index (χ4v) is 7.77. The van der Waals surface area contributed by atoms with Gasteiger partial charge in [-0.3, -0.25) is 4.79 Å². The Morgan fingerprint density at radius 1 is 0.857 bits per heavy atom. The van der Waals surface area contributed by atoms with E-state index in [9.17, 15) is 9.18 Å². The van der Waals surface area contributed by atoms with Gasteiger partial charge in [-0.25, -0.2) is 4.39 Å². The van der Waals surface area contributed by atoms with Crippen molar-refractivity contribution in [2.45, 2.75) is 75.2 Å². The molecule has 1 aliphatic rings. The second kappa shape index (κ2) is 17.5. The molecule has 4 N–H and O–H groups in total. The number of carbonyl (C=O) groups is 1. The standard InChI is InChI=1S/C42H52FN3O3/c1-48-38-30-33-22-29-46-42(26-10-27-44,37(33)31-39(38)49-2)25-9-23-41(34-12-5-3-6-13-34,35-14-7-4-8-15-35)24-11-28-45-40(47)21-18-32-16-19-36(43)20-17-32/h3-8,12-17,19-20,30-31,46H,9-11,18,21-29,44H2,1-2H3,(H,45,47). The molecule has 0 aromatic heterocycles. The van der Waals surface area contributed by atoms with Crippen LogP contribution < -0.4 is 25.8 Å². The molecule has 0 saturated carbocycles. The van der Waals surface area contributed by atoms with Crippen molar-refractivity contribution in [1.82, 2.24) is 10.6 Å². The summed E-state index contributed by atoms with van der Waals surface area (Å²) in [5.74, 6) is 1.28. The smallest absolute Gasteiger partial charge is 0.220 e. The minimum Gasteiger partial charge on any atom is -0.493 e. The highest BCUT2D eigenvalue weighted by atomic mass is 19.1. The number of halogens is 1. The molecule has 4 aromatic carbocycles. The number of rotatable bonds is 18. The maximum atomic E-state index is 13.3. The van der Waals surface area contributed by atoms with Gasteiger partial charge >= 0.3 is 0 Å². The molecular weight excluding hydrogens is 613 g/mol. The lowest BCUT2D eigenvalue weighted by atomic mass is 9.67. The fourth-order valence-electron chi connectivity index (χ4n) is 7.77. The average Bonchev–Trinajstić information content (AvgIpc) is 3.15. The van der Waals surface area contributed by atoms with Gasteiger partial charge in [-0.1, -0.05) is 79.2 Å². The van der Waals surface area contributed by atoms with E-state index in [2.05, 4.69) is 83.4 Å². The van der Waals surface area contributed by atoms with Gasteiger partial charge in [-0.2, -0.15) is 0 Å². The van der Waals surface area contributed by atoms with Crippen LogP contribution in [0.3, 0.4) is 0 Å². The van der Waals surface area contributed by atoms with E-state index in [0.717, 1.165) is 75.0 Å². The lowest BCUT2D eigenvalue weighted by molar-refractivity contribution is -0.121. The van der Waals surface area contributed by atoms with Gasteiger partial charge in [0.2, 0.25) is 5.91 Å². The molecule has 1 aliphatic heterocycles. The number of hydrogen-bond donors (Lipinski definition) is 3. The minimum atomic E-state index is -0.264. The Morgan fingerprint density at radius 3 is 2.10 bits per heavy atom. The van der Waals surface area contributed by atoms with Crippen LogP contribution in [0, 0.1) is 5.82 Å². The Bertz CT molecular complexity index is 1570. The summed E-state index contributed by atoms with van der Waals surface area (Å²) in [6, 6.07) is 32.4. The molecule has 260 valence electrons. The van der Waals surface area contributed by atoms with E-state index >= 15 is 0 Å². The van der Waals surface area contributed by atoms with E-state index in [1.165, 1.54) is 34.4 Å². The number of benzene rings is 4. The SMILES string of the molecule is COc1cc2c(cc1OC)C(CCCN)(CCCC(CCCNC(=O)CCc1ccc(F)cc1)(c1ccccc1)c1ccccc1)NCC2. The van der Waals surface area contributed by atoms with E-state index in [1.807, 2.05) is 0 Å². The molecule has 0 fully saturated rings. The lowest BCUT2D eigenvalue weighted by Gasteiger charge is -2.43.